The standard InChI is InChI=1S/C15H16FNO2/c1-11(18)14-9-13(16)4-5-15(14)19-8-6-12-3-2-7-17-10-12/h2-5,7,9-11,18H,6,8H2,1H3. The fraction of sp³-hybridized carbons (Fsp3) is 0.267. The summed E-state index contributed by atoms with van der Waals surface area (Å²) in [5, 5.41) is 9.59. The Hall–Kier alpha value is -1.94. The minimum Gasteiger partial charge on any atom is -0.493 e. The van der Waals surface area contributed by atoms with Gasteiger partial charge in [-0.25, -0.2) is 4.39 Å². The molecule has 1 aromatic heterocycles. The van der Waals surface area contributed by atoms with Gasteiger partial charge in [0.05, 0.1) is 12.7 Å². The average Bonchev–Trinajstić information content (AvgIpc) is 2.41. The Bertz CT molecular complexity index is 529. The quantitative estimate of drug-likeness (QED) is 0.899. The summed E-state index contributed by atoms with van der Waals surface area (Å²) >= 11 is 0. The molecular weight excluding hydrogens is 245 g/mol. The summed E-state index contributed by atoms with van der Waals surface area (Å²) in [5.74, 6) is 0.135. The van der Waals surface area contributed by atoms with Gasteiger partial charge in [-0.3, -0.25) is 4.98 Å². The highest BCUT2D eigenvalue weighted by molar-refractivity contribution is 5.35. The molecule has 0 saturated heterocycles. The van der Waals surface area contributed by atoms with Crippen LogP contribution in [0, 0.1) is 5.82 Å². The van der Waals surface area contributed by atoms with Gasteiger partial charge in [-0.15, -0.1) is 0 Å². The van der Waals surface area contributed by atoms with Gasteiger partial charge >= 0.3 is 0 Å². The third-order valence-electron chi connectivity index (χ3n) is 2.79. The Morgan fingerprint density at radius 2 is 2.21 bits per heavy atom. The topological polar surface area (TPSA) is 42.4 Å². The van der Waals surface area contributed by atoms with E-state index in [1.165, 1.54) is 12.1 Å². The molecule has 0 saturated carbocycles. The molecule has 0 aliphatic rings. The first-order chi connectivity index (χ1) is 9.16. The predicted octanol–water partition coefficient (Wildman–Crippen LogP) is 2.90. The molecule has 1 heterocycles. The van der Waals surface area contributed by atoms with Crippen molar-refractivity contribution in [2.45, 2.75) is 19.4 Å². The number of hydrogen-bond acceptors (Lipinski definition) is 3. The number of pyridine rings is 1. The van der Waals surface area contributed by atoms with Crippen LogP contribution in [0.25, 0.3) is 0 Å². The zero-order valence-electron chi connectivity index (χ0n) is 10.7. The van der Waals surface area contributed by atoms with E-state index in [1.807, 2.05) is 12.1 Å². The Kier molecular flexibility index (Phi) is 4.47. The second-order valence-electron chi connectivity index (χ2n) is 4.32. The van der Waals surface area contributed by atoms with Gasteiger partial charge in [-0.2, -0.15) is 0 Å². The van der Waals surface area contributed by atoms with Crippen LogP contribution >= 0.6 is 0 Å². The van der Waals surface area contributed by atoms with Crippen molar-refractivity contribution < 1.29 is 14.2 Å². The molecule has 2 aromatic rings. The van der Waals surface area contributed by atoms with Gasteiger partial charge in [-0.05, 0) is 36.8 Å². The molecule has 0 aliphatic carbocycles. The first-order valence-corrected chi connectivity index (χ1v) is 6.16. The highest BCUT2D eigenvalue weighted by Gasteiger charge is 2.10. The molecule has 0 bridgehead atoms. The summed E-state index contributed by atoms with van der Waals surface area (Å²) < 4.78 is 18.7. The summed E-state index contributed by atoms with van der Waals surface area (Å²) in [6.45, 7) is 2.04. The van der Waals surface area contributed by atoms with Crippen LogP contribution in [-0.4, -0.2) is 16.7 Å². The minimum atomic E-state index is -0.760. The van der Waals surface area contributed by atoms with Gasteiger partial charge < -0.3 is 9.84 Å². The maximum atomic E-state index is 13.1. The van der Waals surface area contributed by atoms with Crippen LogP contribution in [0.1, 0.15) is 24.2 Å². The molecule has 1 atom stereocenters. The van der Waals surface area contributed by atoms with Gasteiger partial charge in [0, 0.05) is 24.4 Å². The van der Waals surface area contributed by atoms with Crippen molar-refractivity contribution in [1.29, 1.82) is 0 Å². The number of rotatable bonds is 5. The van der Waals surface area contributed by atoms with Crippen LogP contribution in [-0.2, 0) is 6.42 Å². The molecule has 100 valence electrons. The summed E-state index contributed by atoms with van der Waals surface area (Å²) in [5.41, 5.74) is 1.54. The molecule has 1 unspecified atom stereocenters. The van der Waals surface area contributed by atoms with E-state index in [4.69, 9.17) is 4.74 Å². The highest BCUT2D eigenvalue weighted by atomic mass is 19.1. The molecule has 0 fully saturated rings. The van der Waals surface area contributed by atoms with E-state index >= 15 is 0 Å². The Morgan fingerprint density at radius 1 is 1.37 bits per heavy atom. The largest absolute Gasteiger partial charge is 0.493 e. The molecule has 0 spiro atoms. The van der Waals surface area contributed by atoms with Crippen LogP contribution in [0.3, 0.4) is 0 Å². The van der Waals surface area contributed by atoms with Crippen LogP contribution in [0.4, 0.5) is 4.39 Å². The van der Waals surface area contributed by atoms with Crippen molar-refractivity contribution in [2.24, 2.45) is 0 Å². The highest BCUT2D eigenvalue weighted by Crippen LogP contribution is 2.26. The van der Waals surface area contributed by atoms with Gasteiger partial charge in [0.25, 0.3) is 0 Å². The van der Waals surface area contributed by atoms with Gasteiger partial charge in [-0.1, -0.05) is 6.07 Å². The molecule has 19 heavy (non-hydrogen) atoms. The lowest BCUT2D eigenvalue weighted by molar-refractivity contribution is 0.191. The molecule has 4 heteroatoms. The van der Waals surface area contributed by atoms with E-state index in [0.717, 1.165) is 5.56 Å². The predicted molar refractivity (Wildman–Crippen MR) is 70.5 cm³/mol. The van der Waals surface area contributed by atoms with E-state index in [2.05, 4.69) is 4.98 Å². The fourth-order valence-corrected chi connectivity index (χ4v) is 1.80. The molecule has 0 aliphatic heterocycles. The molecule has 1 N–H and O–H groups in total. The molecule has 2 rings (SSSR count). The van der Waals surface area contributed by atoms with Crippen LogP contribution in [0.2, 0.25) is 0 Å². The number of nitrogens with zero attached hydrogens (tertiary/aromatic N) is 1. The summed E-state index contributed by atoms with van der Waals surface area (Å²) in [7, 11) is 0. The van der Waals surface area contributed by atoms with Crippen molar-refractivity contribution in [2.75, 3.05) is 6.61 Å². The number of benzene rings is 1. The van der Waals surface area contributed by atoms with E-state index in [9.17, 15) is 9.50 Å². The number of ether oxygens (including phenoxy) is 1. The lowest BCUT2D eigenvalue weighted by Crippen LogP contribution is -2.05. The van der Waals surface area contributed by atoms with Gasteiger partial charge in [0.2, 0.25) is 0 Å². The first kappa shape index (κ1) is 13.5. The van der Waals surface area contributed by atoms with E-state index < -0.39 is 6.10 Å². The molecule has 3 nitrogen and oxygen atoms in total. The smallest absolute Gasteiger partial charge is 0.125 e. The molecule has 0 amide bonds. The summed E-state index contributed by atoms with van der Waals surface area (Å²) in [6.07, 6.45) is 3.45. The van der Waals surface area contributed by atoms with Crippen molar-refractivity contribution >= 4 is 0 Å². The number of halogens is 1. The molecule has 0 radical (unpaired) electrons. The van der Waals surface area contributed by atoms with E-state index in [1.54, 1.807) is 25.4 Å². The molecule has 1 aromatic carbocycles. The molecular formula is C15H16FNO2. The fourth-order valence-electron chi connectivity index (χ4n) is 1.80. The Morgan fingerprint density at radius 3 is 2.89 bits per heavy atom. The second kappa shape index (κ2) is 6.29. The number of hydrogen-bond donors (Lipinski definition) is 1. The SMILES string of the molecule is CC(O)c1cc(F)ccc1OCCc1cccnc1. The third-order valence-corrected chi connectivity index (χ3v) is 2.79. The Labute approximate surface area is 111 Å². The van der Waals surface area contributed by atoms with Crippen molar-refractivity contribution in [3.8, 4) is 5.75 Å². The third kappa shape index (κ3) is 3.76. The number of aliphatic hydroxyl groups is 1. The van der Waals surface area contributed by atoms with Crippen molar-refractivity contribution in [1.82, 2.24) is 4.98 Å². The zero-order chi connectivity index (χ0) is 13.7. The lowest BCUT2D eigenvalue weighted by Gasteiger charge is -2.13. The van der Waals surface area contributed by atoms with Crippen molar-refractivity contribution in [3.05, 3.63) is 59.7 Å². The zero-order valence-corrected chi connectivity index (χ0v) is 10.7. The number of aliphatic hydroxyl groups excluding tert-OH is 1. The van der Waals surface area contributed by atoms with Gasteiger partial charge in [0.15, 0.2) is 0 Å². The van der Waals surface area contributed by atoms with E-state index in [0.29, 0.717) is 24.3 Å². The maximum absolute atomic E-state index is 13.1. The average molecular weight is 261 g/mol. The van der Waals surface area contributed by atoms with Crippen molar-refractivity contribution in [3.63, 3.8) is 0 Å². The maximum Gasteiger partial charge on any atom is 0.125 e. The van der Waals surface area contributed by atoms with Crippen LogP contribution in [0.15, 0.2) is 42.7 Å². The summed E-state index contributed by atoms with van der Waals surface area (Å²) in [6, 6.07) is 8.00. The van der Waals surface area contributed by atoms with E-state index in [-0.39, 0.29) is 5.82 Å². The first-order valence-electron chi connectivity index (χ1n) is 6.16. The Balaban J connectivity index is 2.00. The monoisotopic (exact) mass is 261 g/mol. The second-order valence-corrected chi connectivity index (χ2v) is 4.32. The summed E-state index contributed by atoms with van der Waals surface area (Å²) in [4.78, 5) is 4.02. The van der Waals surface area contributed by atoms with Crippen LogP contribution < -0.4 is 4.74 Å². The number of aromatic nitrogens is 1. The van der Waals surface area contributed by atoms with Gasteiger partial charge in [0.1, 0.15) is 11.6 Å². The lowest BCUT2D eigenvalue weighted by atomic mass is 10.1. The van der Waals surface area contributed by atoms with Crippen LogP contribution in [0.5, 0.6) is 5.75 Å². The minimum absolute atomic E-state index is 0.379. The normalized spacial score (nSPS) is 12.2.